The lowest BCUT2D eigenvalue weighted by molar-refractivity contribution is 0.898. The summed E-state index contributed by atoms with van der Waals surface area (Å²) in [4.78, 5) is 4.44. The van der Waals surface area contributed by atoms with Crippen molar-refractivity contribution >= 4 is 22.6 Å². The topological polar surface area (TPSA) is 17.8 Å². The van der Waals surface area contributed by atoms with Crippen LogP contribution in [0.1, 0.15) is 11.4 Å². The van der Waals surface area contributed by atoms with Gasteiger partial charge in [-0.1, -0.05) is 11.6 Å². The summed E-state index contributed by atoms with van der Waals surface area (Å²) in [5.41, 5.74) is 3.09. The highest BCUT2D eigenvalue weighted by molar-refractivity contribution is 6.35. The number of hydrogen-bond acceptors (Lipinski definition) is 1. The van der Waals surface area contributed by atoms with Gasteiger partial charge in [-0.15, -0.1) is 0 Å². The van der Waals surface area contributed by atoms with E-state index in [2.05, 4.69) is 11.1 Å². The molecular weight excluding hydrogens is 184 g/mol. The van der Waals surface area contributed by atoms with Crippen molar-refractivity contribution in [1.29, 1.82) is 0 Å². The second-order valence-corrected chi connectivity index (χ2v) is 3.73. The van der Waals surface area contributed by atoms with Crippen molar-refractivity contribution in [2.75, 3.05) is 0 Å². The molecule has 0 N–H and O–H groups in total. The van der Waals surface area contributed by atoms with E-state index >= 15 is 0 Å². The number of hydrogen-bond donors (Lipinski definition) is 0. The Labute approximate surface area is 82.1 Å². The Balaban J connectivity index is 2.94. The summed E-state index contributed by atoms with van der Waals surface area (Å²) in [6.45, 7) is 4.00. The van der Waals surface area contributed by atoms with Gasteiger partial charge in [-0.25, -0.2) is 4.98 Å². The summed E-state index contributed by atoms with van der Waals surface area (Å²) < 4.78 is 2.05. The molecule has 0 saturated carbocycles. The number of rotatable bonds is 0. The minimum atomic E-state index is 0.784. The molecule has 0 amide bonds. The van der Waals surface area contributed by atoms with Crippen molar-refractivity contribution in [3.05, 3.63) is 28.5 Å². The molecule has 2 rings (SSSR count). The van der Waals surface area contributed by atoms with Crippen molar-refractivity contribution < 1.29 is 0 Å². The summed E-state index contributed by atoms with van der Waals surface area (Å²) in [6, 6.07) is 3.95. The van der Waals surface area contributed by atoms with Crippen LogP contribution in [0.3, 0.4) is 0 Å². The second kappa shape index (κ2) is 2.74. The molecule has 2 aromatic rings. The fraction of sp³-hybridized carbons (Fsp3) is 0.300. The zero-order valence-corrected chi connectivity index (χ0v) is 8.68. The van der Waals surface area contributed by atoms with Crippen molar-refractivity contribution in [2.24, 2.45) is 7.05 Å². The van der Waals surface area contributed by atoms with Crippen LogP contribution in [-0.4, -0.2) is 9.55 Å². The standard InChI is InChI=1S/C10H11ClN2/c1-6-4-9(11)8-5-7(2)13(3)10(8)12-6/h4-5H,1-3H3. The lowest BCUT2D eigenvalue weighted by atomic mass is 10.3. The van der Waals surface area contributed by atoms with E-state index in [1.54, 1.807) is 0 Å². The molecule has 0 unspecified atom stereocenters. The Morgan fingerprint density at radius 3 is 2.69 bits per heavy atom. The molecule has 0 bridgehead atoms. The van der Waals surface area contributed by atoms with Crippen LogP contribution in [0.2, 0.25) is 5.02 Å². The number of aryl methyl sites for hydroxylation is 3. The second-order valence-electron chi connectivity index (χ2n) is 3.33. The Morgan fingerprint density at radius 1 is 1.31 bits per heavy atom. The molecule has 0 aromatic carbocycles. The van der Waals surface area contributed by atoms with Gasteiger partial charge in [0.1, 0.15) is 5.65 Å². The Bertz CT molecular complexity index is 471. The molecule has 0 radical (unpaired) electrons. The molecule has 2 nitrogen and oxygen atoms in total. The summed E-state index contributed by atoms with van der Waals surface area (Å²) >= 11 is 6.09. The summed E-state index contributed by atoms with van der Waals surface area (Å²) in [6.07, 6.45) is 0. The zero-order chi connectivity index (χ0) is 9.59. The SMILES string of the molecule is Cc1cc(Cl)c2cc(C)n(C)c2n1. The van der Waals surface area contributed by atoms with Crippen molar-refractivity contribution in [1.82, 2.24) is 9.55 Å². The van der Waals surface area contributed by atoms with E-state index in [1.165, 1.54) is 5.69 Å². The molecule has 68 valence electrons. The Kier molecular flexibility index (Phi) is 1.81. The van der Waals surface area contributed by atoms with Crippen LogP contribution < -0.4 is 0 Å². The number of pyridine rings is 1. The van der Waals surface area contributed by atoms with E-state index in [0.29, 0.717) is 0 Å². The number of fused-ring (bicyclic) bond motifs is 1. The third kappa shape index (κ3) is 1.22. The van der Waals surface area contributed by atoms with Crippen LogP contribution in [0, 0.1) is 13.8 Å². The molecule has 0 aliphatic carbocycles. The lowest BCUT2D eigenvalue weighted by Gasteiger charge is -1.99. The Morgan fingerprint density at radius 2 is 2.00 bits per heavy atom. The molecule has 2 aromatic heterocycles. The van der Waals surface area contributed by atoms with E-state index in [4.69, 9.17) is 11.6 Å². The largest absolute Gasteiger partial charge is 0.333 e. The summed E-state index contributed by atoms with van der Waals surface area (Å²) in [5.74, 6) is 0. The molecule has 13 heavy (non-hydrogen) atoms. The highest BCUT2D eigenvalue weighted by Crippen LogP contribution is 2.25. The van der Waals surface area contributed by atoms with Crippen LogP contribution in [0.5, 0.6) is 0 Å². The number of aromatic nitrogens is 2. The number of nitrogens with zero attached hydrogens (tertiary/aromatic N) is 2. The maximum Gasteiger partial charge on any atom is 0.141 e. The average molecular weight is 195 g/mol. The van der Waals surface area contributed by atoms with Crippen LogP contribution in [-0.2, 0) is 7.05 Å². The van der Waals surface area contributed by atoms with E-state index in [-0.39, 0.29) is 0 Å². The molecule has 2 heterocycles. The van der Waals surface area contributed by atoms with Crippen molar-refractivity contribution in [3.8, 4) is 0 Å². The van der Waals surface area contributed by atoms with Gasteiger partial charge in [-0.05, 0) is 26.0 Å². The predicted octanol–water partition coefficient (Wildman–Crippen LogP) is 2.84. The minimum absolute atomic E-state index is 0.784. The summed E-state index contributed by atoms with van der Waals surface area (Å²) in [7, 11) is 2.00. The van der Waals surface area contributed by atoms with E-state index in [1.807, 2.05) is 31.5 Å². The first kappa shape index (κ1) is 8.57. The highest BCUT2D eigenvalue weighted by Gasteiger charge is 2.07. The maximum atomic E-state index is 6.09. The first-order valence-corrected chi connectivity index (χ1v) is 4.56. The first-order chi connectivity index (χ1) is 6.09. The van der Waals surface area contributed by atoms with Crippen LogP contribution in [0.4, 0.5) is 0 Å². The van der Waals surface area contributed by atoms with Gasteiger partial charge in [0.2, 0.25) is 0 Å². The number of halogens is 1. The molecule has 0 spiro atoms. The normalized spacial score (nSPS) is 11.1. The monoisotopic (exact) mass is 194 g/mol. The quantitative estimate of drug-likeness (QED) is 0.631. The molecule has 0 fully saturated rings. The smallest absolute Gasteiger partial charge is 0.141 e. The third-order valence-corrected chi connectivity index (χ3v) is 2.63. The van der Waals surface area contributed by atoms with Crippen LogP contribution in [0.25, 0.3) is 11.0 Å². The molecule has 0 aliphatic heterocycles. The average Bonchev–Trinajstić information content (AvgIpc) is 2.32. The maximum absolute atomic E-state index is 6.09. The minimum Gasteiger partial charge on any atom is -0.333 e. The van der Waals surface area contributed by atoms with E-state index < -0.39 is 0 Å². The summed E-state index contributed by atoms with van der Waals surface area (Å²) in [5, 5.41) is 1.82. The zero-order valence-electron chi connectivity index (χ0n) is 7.93. The van der Waals surface area contributed by atoms with Gasteiger partial charge < -0.3 is 4.57 Å². The van der Waals surface area contributed by atoms with Gasteiger partial charge in [0, 0.05) is 23.8 Å². The fourth-order valence-corrected chi connectivity index (χ4v) is 1.79. The molecule has 3 heteroatoms. The molecular formula is C10H11ClN2. The lowest BCUT2D eigenvalue weighted by Crippen LogP contribution is -1.93. The molecule has 0 saturated heterocycles. The van der Waals surface area contributed by atoms with E-state index in [0.717, 1.165) is 21.7 Å². The van der Waals surface area contributed by atoms with Gasteiger partial charge in [0.25, 0.3) is 0 Å². The van der Waals surface area contributed by atoms with Gasteiger partial charge in [0.05, 0.1) is 5.02 Å². The first-order valence-electron chi connectivity index (χ1n) is 4.19. The molecule has 0 atom stereocenters. The van der Waals surface area contributed by atoms with Crippen LogP contribution >= 0.6 is 11.6 Å². The third-order valence-electron chi connectivity index (χ3n) is 2.32. The predicted molar refractivity (Wildman–Crippen MR) is 55.2 cm³/mol. The van der Waals surface area contributed by atoms with Gasteiger partial charge >= 0.3 is 0 Å². The van der Waals surface area contributed by atoms with Crippen molar-refractivity contribution in [3.63, 3.8) is 0 Å². The Hall–Kier alpha value is -1.02. The molecule has 0 aliphatic rings. The van der Waals surface area contributed by atoms with Crippen molar-refractivity contribution in [2.45, 2.75) is 13.8 Å². The van der Waals surface area contributed by atoms with E-state index in [9.17, 15) is 0 Å². The highest BCUT2D eigenvalue weighted by atomic mass is 35.5. The van der Waals surface area contributed by atoms with Gasteiger partial charge in [0.15, 0.2) is 0 Å². The van der Waals surface area contributed by atoms with Gasteiger partial charge in [-0.2, -0.15) is 0 Å². The van der Waals surface area contributed by atoms with Crippen LogP contribution in [0.15, 0.2) is 12.1 Å². The fourth-order valence-electron chi connectivity index (χ4n) is 1.49. The van der Waals surface area contributed by atoms with Gasteiger partial charge in [-0.3, -0.25) is 0 Å².